The standard InChI is InChI=1S/C11H15N3O/c1-2-9(1)10-3-4-12-11(13-10)14-5-7-15-8-6-14/h3-4,9H,1-2,5-8H2. The van der Waals surface area contributed by atoms with Gasteiger partial charge in [0.1, 0.15) is 0 Å². The Morgan fingerprint density at radius 3 is 2.80 bits per heavy atom. The first-order chi connectivity index (χ1) is 7.43. The second-order valence-electron chi connectivity index (χ2n) is 4.16. The molecule has 0 bridgehead atoms. The lowest BCUT2D eigenvalue weighted by molar-refractivity contribution is 0.122. The Bertz CT molecular complexity index is 345. The number of nitrogens with zero attached hydrogens (tertiary/aromatic N) is 3. The molecular weight excluding hydrogens is 190 g/mol. The van der Waals surface area contributed by atoms with Crippen LogP contribution in [0.3, 0.4) is 0 Å². The van der Waals surface area contributed by atoms with Crippen molar-refractivity contribution < 1.29 is 4.74 Å². The molecule has 2 aliphatic rings. The summed E-state index contributed by atoms with van der Waals surface area (Å²) in [5.74, 6) is 1.58. The highest BCUT2D eigenvalue weighted by Crippen LogP contribution is 2.39. The van der Waals surface area contributed by atoms with Crippen molar-refractivity contribution in [3.8, 4) is 0 Å². The summed E-state index contributed by atoms with van der Waals surface area (Å²) in [6.45, 7) is 3.40. The number of rotatable bonds is 2. The van der Waals surface area contributed by atoms with Gasteiger partial charge in [-0.15, -0.1) is 0 Å². The molecule has 0 radical (unpaired) electrons. The summed E-state index contributed by atoms with van der Waals surface area (Å²) in [5, 5.41) is 0. The Kier molecular flexibility index (Phi) is 2.29. The third kappa shape index (κ3) is 1.95. The molecule has 1 aromatic heterocycles. The number of hydrogen-bond donors (Lipinski definition) is 0. The lowest BCUT2D eigenvalue weighted by Crippen LogP contribution is -2.37. The summed E-state index contributed by atoms with van der Waals surface area (Å²) in [6.07, 6.45) is 4.46. The second-order valence-corrected chi connectivity index (χ2v) is 4.16. The molecule has 0 unspecified atom stereocenters. The van der Waals surface area contributed by atoms with Gasteiger partial charge >= 0.3 is 0 Å². The van der Waals surface area contributed by atoms with Crippen LogP contribution in [-0.2, 0) is 4.74 Å². The van der Waals surface area contributed by atoms with E-state index in [9.17, 15) is 0 Å². The molecule has 2 heterocycles. The maximum Gasteiger partial charge on any atom is 0.225 e. The summed E-state index contributed by atoms with van der Waals surface area (Å²) in [6, 6.07) is 2.04. The predicted octanol–water partition coefficient (Wildman–Crippen LogP) is 1.19. The third-order valence-electron chi connectivity index (χ3n) is 2.95. The fourth-order valence-corrected chi connectivity index (χ4v) is 1.88. The van der Waals surface area contributed by atoms with E-state index in [-0.39, 0.29) is 0 Å². The van der Waals surface area contributed by atoms with Crippen molar-refractivity contribution >= 4 is 5.95 Å². The van der Waals surface area contributed by atoms with Gasteiger partial charge in [-0.25, -0.2) is 9.97 Å². The third-order valence-corrected chi connectivity index (χ3v) is 2.95. The molecule has 2 fully saturated rings. The van der Waals surface area contributed by atoms with Crippen LogP contribution in [0.5, 0.6) is 0 Å². The Hall–Kier alpha value is -1.16. The molecule has 1 saturated carbocycles. The molecule has 0 spiro atoms. The fraction of sp³-hybridized carbons (Fsp3) is 0.636. The summed E-state index contributed by atoms with van der Waals surface area (Å²) in [4.78, 5) is 11.2. The number of anilines is 1. The minimum absolute atomic E-state index is 0.702. The molecule has 1 aliphatic heterocycles. The Morgan fingerprint density at radius 2 is 2.07 bits per heavy atom. The van der Waals surface area contributed by atoms with E-state index in [1.807, 2.05) is 12.3 Å². The molecule has 0 N–H and O–H groups in total. The second kappa shape index (κ2) is 3.77. The minimum Gasteiger partial charge on any atom is -0.378 e. The molecule has 80 valence electrons. The molecule has 4 nitrogen and oxygen atoms in total. The van der Waals surface area contributed by atoms with E-state index in [1.165, 1.54) is 18.5 Å². The predicted molar refractivity (Wildman–Crippen MR) is 57.0 cm³/mol. The fourth-order valence-electron chi connectivity index (χ4n) is 1.88. The Labute approximate surface area is 89.3 Å². The number of ether oxygens (including phenoxy) is 1. The first kappa shape index (κ1) is 9.09. The van der Waals surface area contributed by atoms with Gasteiger partial charge in [-0.1, -0.05) is 0 Å². The highest BCUT2D eigenvalue weighted by molar-refractivity contribution is 5.32. The van der Waals surface area contributed by atoms with E-state index >= 15 is 0 Å². The van der Waals surface area contributed by atoms with Crippen molar-refractivity contribution in [3.63, 3.8) is 0 Å². The van der Waals surface area contributed by atoms with Crippen LogP contribution in [0.25, 0.3) is 0 Å². The van der Waals surface area contributed by atoms with Crippen molar-refractivity contribution in [1.82, 2.24) is 9.97 Å². The van der Waals surface area contributed by atoms with Crippen molar-refractivity contribution in [2.75, 3.05) is 31.2 Å². The van der Waals surface area contributed by atoms with E-state index in [0.29, 0.717) is 5.92 Å². The van der Waals surface area contributed by atoms with Gasteiger partial charge in [-0.05, 0) is 18.9 Å². The molecule has 1 aromatic rings. The maximum atomic E-state index is 5.31. The zero-order valence-corrected chi connectivity index (χ0v) is 8.72. The van der Waals surface area contributed by atoms with Crippen molar-refractivity contribution in [3.05, 3.63) is 18.0 Å². The van der Waals surface area contributed by atoms with Gasteiger partial charge in [0, 0.05) is 30.9 Å². The topological polar surface area (TPSA) is 38.2 Å². The molecule has 0 atom stereocenters. The van der Waals surface area contributed by atoms with Crippen LogP contribution < -0.4 is 4.90 Å². The van der Waals surface area contributed by atoms with E-state index in [4.69, 9.17) is 4.74 Å². The Morgan fingerprint density at radius 1 is 1.27 bits per heavy atom. The summed E-state index contributed by atoms with van der Waals surface area (Å²) in [5.41, 5.74) is 1.21. The van der Waals surface area contributed by atoms with Gasteiger partial charge in [-0.3, -0.25) is 0 Å². The van der Waals surface area contributed by atoms with E-state index < -0.39 is 0 Å². The van der Waals surface area contributed by atoms with Crippen LogP contribution in [0, 0.1) is 0 Å². The van der Waals surface area contributed by atoms with Crippen molar-refractivity contribution in [2.24, 2.45) is 0 Å². The smallest absolute Gasteiger partial charge is 0.225 e. The van der Waals surface area contributed by atoms with Crippen LogP contribution in [-0.4, -0.2) is 36.3 Å². The zero-order chi connectivity index (χ0) is 10.1. The highest BCUT2D eigenvalue weighted by atomic mass is 16.5. The van der Waals surface area contributed by atoms with Crippen LogP contribution in [0.2, 0.25) is 0 Å². The number of aromatic nitrogens is 2. The average molecular weight is 205 g/mol. The van der Waals surface area contributed by atoms with E-state index in [0.717, 1.165) is 32.3 Å². The van der Waals surface area contributed by atoms with Crippen LogP contribution >= 0.6 is 0 Å². The van der Waals surface area contributed by atoms with Crippen LogP contribution in [0.1, 0.15) is 24.5 Å². The van der Waals surface area contributed by atoms with E-state index in [2.05, 4.69) is 14.9 Å². The van der Waals surface area contributed by atoms with Crippen molar-refractivity contribution in [1.29, 1.82) is 0 Å². The van der Waals surface area contributed by atoms with Gasteiger partial charge in [0.15, 0.2) is 0 Å². The van der Waals surface area contributed by atoms with Gasteiger partial charge in [0.05, 0.1) is 13.2 Å². The SMILES string of the molecule is c1cc(C2CC2)nc(N2CCOCC2)n1. The van der Waals surface area contributed by atoms with Crippen LogP contribution in [0.15, 0.2) is 12.3 Å². The monoisotopic (exact) mass is 205 g/mol. The number of hydrogen-bond acceptors (Lipinski definition) is 4. The zero-order valence-electron chi connectivity index (χ0n) is 8.72. The first-order valence-electron chi connectivity index (χ1n) is 5.59. The molecule has 3 rings (SSSR count). The molecule has 4 heteroatoms. The summed E-state index contributed by atoms with van der Waals surface area (Å²) >= 11 is 0. The summed E-state index contributed by atoms with van der Waals surface area (Å²) < 4.78 is 5.31. The van der Waals surface area contributed by atoms with Gasteiger partial charge in [0.2, 0.25) is 5.95 Å². The maximum absolute atomic E-state index is 5.31. The molecule has 15 heavy (non-hydrogen) atoms. The molecule has 1 aliphatic carbocycles. The first-order valence-corrected chi connectivity index (χ1v) is 5.59. The minimum atomic E-state index is 0.702. The van der Waals surface area contributed by atoms with Gasteiger partial charge in [-0.2, -0.15) is 0 Å². The molecule has 0 aromatic carbocycles. The van der Waals surface area contributed by atoms with Gasteiger partial charge < -0.3 is 9.64 Å². The molecular formula is C11H15N3O. The van der Waals surface area contributed by atoms with E-state index in [1.54, 1.807) is 0 Å². The lowest BCUT2D eigenvalue weighted by atomic mass is 10.3. The van der Waals surface area contributed by atoms with Crippen LogP contribution in [0.4, 0.5) is 5.95 Å². The molecule has 1 saturated heterocycles. The van der Waals surface area contributed by atoms with Crippen molar-refractivity contribution in [2.45, 2.75) is 18.8 Å². The average Bonchev–Trinajstić information content (AvgIpc) is 3.14. The largest absolute Gasteiger partial charge is 0.378 e. The van der Waals surface area contributed by atoms with Gasteiger partial charge in [0.25, 0.3) is 0 Å². The molecule has 0 amide bonds. The highest BCUT2D eigenvalue weighted by Gasteiger charge is 2.26. The quantitative estimate of drug-likeness (QED) is 0.727. The number of morpholine rings is 1. The summed E-state index contributed by atoms with van der Waals surface area (Å²) in [7, 11) is 0. The Balaban J connectivity index is 1.80. The lowest BCUT2D eigenvalue weighted by Gasteiger charge is -2.26. The normalized spacial score (nSPS) is 21.7.